The molecule has 0 aromatic heterocycles. The number of amides is 1. The second-order valence-corrected chi connectivity index (χ2v) is 15.7. The SMILES string of the molecule is CC/C=C\C/C=C\C/C=C\C/C=C\C/C=C\C/C=C\C/C=C\CCCC(=O)NCCOP(=O)(O)OCC(O)COC(=O)CCCCCCCCCCCCCCC. The molecule has 0 aliphatic heterocycles. The van der Waals surface area contributed by atoms with Crippen LogP contribution >= 0.6 is 7.82 Å². The van der Waals surface area contributed by atoms with Crippen LogP contribution in [-0.4, -0.2) is 54.3 Å². The first-order valence-corrected chi connectivity index (χ1v) is 23.6. The summed E-state index contributed by atoms with van der Waals surface area (Å²) in [5, 5.41) is 12.6. The van der Waals surface area contributed by atoms with E-state index in [4.69, 9.17) is 13.8 Å². The summed E-state index contributed by atoms with van der Waals surface area (Å²) in [4.78, 5) is 33.9. The third kappa shape index (κ3) is 44.1. The number of phosphoric ester groups is 1. The van der Waals surface area contributed by atoms with Crippen molar-refractivity contribution in [1.29, 1.82) is 0 Å². The molecule has 0 aliphatic rings. The maximum Gasteiger partial charge on any atom is 0.472 e. The Kier molecular flexibility index (Phi) is 40.7. The zero-order valence-electron chi connectivity index (χ0n) is 35.8. The van der Waals surface area contributed by atoms with Crippen molar-refractivity contribution in [2.75, 3.05) is 26.4 Å². The van der Waals surface area contributed by atoms with E-state index in [-0.39, 0.29) is 32.1 Å². The van der Waals surface area contributed by atoms with Crippen molar-refractivity contribution >= 4 is 19.7 Å². The Hall–Kier alpha value is -2.81. The minimum absolute atomic E-state index is 0.0463. The third-order valence-corrected chi connectivity index (χ3v) is 9.82. The predicted molar refractivity (Wildman–Crippen MR) is 238 cm³/mol. The summed E-state index contributed by atoms with van der Waals surface area (Å²) in [6.07, 6.45) is 53.8. The minimum atomic E-state index is -4.44. The molecule has 0 fully saturated rings. The average molecular weight is 818 g/mol. The van der Waals surface area contributed by atoms with Crippen LogP contribution in [0.25, 0.3) is 0 Å². The smallest absolute Gasteiger partial charge is 0.463 e. The van der Waals surface area contributed by atoms with E-state index in [1.165, 1.54) is 64.2 Å². The number of nitrogens with one attached hydrogen (secondary N) is 1. The molecule has 0 spiro atoms. The topological polar surface area (TPSA) is 131 Å². The number of hydrogen-bond acceptors (Lipinski definition) is 7. The van der Waals surface area contributed by atoms with E-state index in [9.17, 15) is 24.2 Å². The molecular weight excluding hydrogens is 737 g/mol. The molecule has 0 aromatic carbocycles. The van der Waals surface area contributed by atoms with Gasteiger partial charge in [-0.1, -0.05) is 176 Å². The second kappa shape index (κ2) is 42.8. The van der Waals surface area contributed by atoms with Crippen LogP contribution in [-0.2, 0) is 27.9 Å². The van der Waals surface area contributed by atoms with E-state index in [0.717, 1.165) is 70.6 Å². The van der Waals surface area contributed by atoms with Gasteiger partial charge in [0.05, 0.1) is 13.2 Å². The van der Waals surface area contributed by atoms with Crippen molar-refractivity contribution in [3.63, 3.8) is 0 Å². The Labute approximate surface area is 347 Å². The van der Waals surface area contributed by atoms with Gasteiger partial charge in [-0.2, -0.15) is 0 Å². The lowest BCUT2D eigenvalue weighted by atomic mass is 10.0. The molecule has 3 N–H and O–H groups in total. The Bertz CT molecular complexity index is 1210. The van der Waals surface area contributed by atoms with Gasteiger partial charge in [0.1, 0.15) is 12.7 Å². The summed E-state index contributed by atoms with van der Waals surface area (Å²) in [5.41, 5.74) is 0. The molecule has 0 radical (unpaired) electrons. The van der Waals surface area contributed by atoms with Crippen LogP contribution in [0.3, 0.4) is 0 Å². The molecule has 326 valence electrons. The fourth-order valence-electron chi connectivity index (χ4n) is 5.54. The summed E-state index contributed by atoms with van der Waals surface area (Å²) < 4.78 is 26.8. The number of carbonyl (C=O) groups is 2. The highest BCUT2D eigenvalue weighted by molar-refractivity contribution is 7.47. The van der Waals surface area contributed by atoms with Crippen molar-refractivity contribution in [2.24, 2.45) is 0 Å². The van der Waals surface area contributed by atoms with Gasteiger partial charge >= 0.3 is 13.8 Å². The van der Waals surface area contributed by atoms with Crippen LogP contribution in [0.2, 0.25) is 0 Å². The maximum absolute atomic E-state index is 12.1. The summed E-state index contributed by atoms with van der Waals surface area (Å²) >= 11 is 0. The van der Waals surface area contributed by atoms with E-state index < -0.39 is 26.5 Å². The van der Waals surface area contributed by atoms with Crippen molar-refractivity contribution in [2.45, 2.75) is 174 Å². The van der Waals surface area contributed by atoms with Crippen molar-refractivity contribution in [1.82, 2.24) is 5.32 Å². The molecule has 1 amide bonds. The molecule has 0 aromatic rings. The van der Waals surface area contributed by atoms with Gasteiger partial charge in [-0.15, -0.1) is 0 Å². The average Bonchev–Trinajstić information content (AvgIpc) is 3.20. The number of carbonyl (C=O) groups excluding carboxylic acids is 2. The van der Waals surface area contributed by atoms with Gasteiger partial charge < -0.3 is 20.1 Å². The quantitative estimate of drug-likeness (QED) is 0.0241. The van der Waals surface area contributed by atoms with Gasteiger partial charge in [0.2, 0.25) is 5.91 Å². The molecule has 10 heteroatoms. The Morgan fingerprint density at radius 1 is 0.561 bits per heavy atom. The Morgan fingerprint density at radius 3 is 1.47 bits per heavy atom. The van der Waals surface area contributed by atoms with Crippen LogP contribution in [0.5, 0.6) is 0 Å². The lowest BCUT2D eigenvalue weighted by Crippen LogP contribution is -2.27. The molecule has 0 heterocycles. The van der Waals surface area contributed by atoms with E-state index in [1.807, 2.05) is 0 Å². The molecule has 2 unspecified atom stereocenters. The van der Waals surface area contributed by atoms with E-state index >= 15 is 0 Å². The highest BCUT2D eigenvalue weighted by Crippen LogP contribution is 2.42. The third-order valence-electron chi connectivity index (χ3n) is 8.84. The summed E-state index contributed by atoms with van der Waals surface area (Å²) in [6, 6.07) is 0. The lowest BCUT2D eigenvalue weighted by Gasteiger charge is -2.15. The summed E-state index contributed by atoms with van der Waals surface area (Å²) in [7, 11) is -4.44. The van der Waals surface area contributed by atoms with Crippen LogP contribution in [0.4, 0.5) is 0 Å². The maximum atomic E-state index is 12.1. The molecule has 0 aliphatic carbocycles. The van der Waals surface area contributed by atoms with Crippen molar-refractivity contribution < 1.29 is 37.9 Å². The summed E-state index contributed by atoms with van der Waals surface area (Å²) in [6.45, 7) is 3.35. The van der Waals surface area contributed by atoms with Gasteiger partial charge in [-0.05, 0) is 64.2 Å². The fraction of sp³-hybridized carbons (Fsp3) is 0.660. The molecule has 0 rings (SSSR count). The standard InChI is InChI=1S/C47H80NO8P/c1-3-5-7-9-11-13-15-17-18-19-20-21-22-23-24-25-26-28-29-31-33-35-37-39-46(50)48-41-42-55-57(52,53)56-44-45(49)43-54-47(51)40-38-36-34-32-30-27-16-14-12-10-8-6-4-2/h5,7,11,13,17-18,20-21,23-24,26,28,31,33,45,49H,3-4,6,8-10,12,14-16,19,22,25,27,29-30,32,34-44H2,1-2H3,(H,48,50)(H,52,53)/b7-5-,13-11-,18-17-,21-20-,24-23-,28-26-,33-31-. The van der Waals surface area contributed by atoms with Gasteiger partial charge in [0, 0.05) is 19.4 Å². The minimum Gasteiger partial charge on any atom is -0.463 e. The number of ether oxygens (including phenoxy) is 1. The zero-order valence-corrected chi connectivity index (χ0v) is 36.6. The first kappa shape index (κ1) is 54.2. The molecular formula is C47H80NO8P. The molecule has 9 nitrogen and oxygen atoms in total. The number of aliphatic hydroxyl groups is 1. The van der Waals surface area contributed by atoms with Gasteiger partial charge in [-0.25, -0.2) is 4.57 Å². The largest absolute Gasteiger partial charge is 0.472 e. The number of rotatable bonds is 40. The zero-order chi connectivity index (χ0) is 41.8. The molecule has 57 heavy (non-hydrogen) atoms. The lowest BCUT2D eigenvalue weighted by molar-refractivity contribution is -0.147. The first-order valence-electron chi connectivity index (χ1n) is 22.1. The van der Waals surface area contributed by atoms with Gasteiger partial charge in [0.25, 0.3) is 0 Å². The van der Waals surface area contributed by atoms with E-state index in [1.54, 1.807) is 0 Å². The summed E-state index contributed by atoms with van der Waals surface area (Å²) in [5.74, 6) is -0.582. The van der Waals surface area contributed by atoms with E-state index in [2.05, 4.69) is 104 Å². The number of phosphoric acid groups is 1. The van der Waals surface area contributed by atoms with Gasteiger partial charge in [0.15, 0.2) is 0 Å². The fourth-order valence-corrected chi connectivity index (χ4v) is 6.30. The monoisotopic (exact) mass is 818 g/mol. The van der Waals surface area contributed by atoms with Crippen molar-refractivity contribution in [3.05, 3.63) is 85.1 Å². The van der Waals surface area contributed by atoms with Crippen LogP contribution in [0, 0.1) is 0 Å². The number of esters is 1. The van der Waals surface area contributed by atoms with Crippen molar-refractivity contribution in [3.8, 4) is 0 Å². The Balaban J connectivity index is 3.72. The molecule has 0 saturated carbocycles. The normalized spacial score (nSPS) is 14.1. The second-order valence-electron chi connectivity index (χ2n) is 14.3. The van der Waals surface area contributed by atoms with Crippen LogP contribution < -0.4 is 5.32 Å². The molecule has 2 atom stereocenters. The van der Waals surface area contributed by atoms with E-state index in [0.29, 0.717) is 12.8 Å². The van der Waals surface area contributed by atoms with Crippen LogP contribution in [0.1, 0.15) is 168 Å². The highest BCUT2D eigenvalue weighted by atomic mass is 31.2. The predicted octanol–water partition coefficient (Wildman–Crippen LogP) is 12.4. The molecule has 0 bridgehead atoms. The number of hydrogen-bond donors (Lipinski definition) is 3. The van der Waals surface area contributed by atoms with Gasteiger partial charge in [-0.3, -0.25) is 18.6 Å². The number of allylic oxidation sites excluding steroid dienone is 14. The highest BCUT2D eigenvalue weighted by Gasteiger charge is 2.23. The molecule has 0 saturated heterocycles. The first-order chi connectivity index (χ1) is 27.8. The number of unbranched alkanes of at least 4 members (excludes halogenated alkanes) is 13. The van der Waals surface area contributed by atoms with Crippen LogP contribution in [0.15, 0.2) is 85.1 Å². The number of aliphatic hydroxyl groups excluding tert-OH is 1. The Morgan fingerprint density at radius 2 is 1.00 bits per heavy atom.